The molecule has 0 radical (unpaired) electrons. The Hall–Kier alpha value is -1.83. The minimum absolute atomic E-state index is 0.253. The van der Waals surface area contributed by atoms with Crippen molar-refractivity contribution in [1.82, 2.24) is 0 Å². The van der Waals surface area contributed by atoms with Crippen LogP contribution in [0.2, 0.25) is 0 Å². The number of unbranched alkanes of at least 4 members (excludes halogenated alkanes) is 3. The van der Waals surface area contributed by atoms with Crippen molar-refractivity contribution in [2.45, 2.75) is 58.3 Å². The first-order valence-electron chi connectivity index (χ1n) is 8.27. The van der Waals surface area contributed by atoms with Crippen LogP contribution in [0.15, 0.2) is 60.8 Å². The molecular weight excluding hydrogens is 272 g/mol. The van der Waals surface area contributed by atoms with E-state index in [0.29, 0.717) is 6.42 Å². The topological polar surface area (TPSA) is 37.3 Å². The summed E-state index contributed by atoms with van der Waals surface area (Å²) in [5.41, 5.74) is 0. The van der Waals surface area contributed by atoms with E-state index < -0.39 is 5.97 Å². The summed E-state index contributed by atoms with van der Waals surface area (Å²) >= 11 is 0. The van der Waals surface area contributed by atoms with E-state index >= 15 is 0 Å². The van der Waals surface area contributed by atoms with E-state index in [1.165, 1.54) is 19.3 Å². The average molecular weight is 302 g/mol. The van der Waals surface area contributed by atoms with Crippen molar-refractivity contribution in [1.29, 1.82) is 0 Å². The maximum Gasteiger partial charge on any atom is 0.303 e. The van der Waals surface area contributed by atoms with Gasteiger partial charge in [-0.25, -0.2) is 0 Å². The van der Waals surface area contributed by atoms with Crippen LogP contribution in [0.4, 0.5) is 0 Å². The molecule has 0 unspecified atom stereocenters. The van der Waals surface area contributed by atoms with E-state index in [1.54, 1.807) is 0 Å². The highest BCUT2D eigenvalue weighted by molar-refractivity contribution is 5.66. The minimum Gasteiger partial charge on any atom is -0.481 e. The Morgan fingerprint density at radius 2 is 1.32 bits per heavy atom. The first kappa shape index (κ1) is 20.2. The fraction of sp³-hybridized carbons (Fsp3) is 0.450. The summed E-state index contributed by atoms with van der Waals surface area (Å²) in [7, 11) is 0. The van der Waals surface area contributed by atoms with Gasteiger partial charge in [0.2, 0.25) is 0 Å². The van der Waals surface area contributed by atoms with Gasteiger partial charge in [-0.05, 0) is 32.1 Å². The standard InChI is InChI=1S/C20H30O2/c1-2-3-4-5-6-7-8-9-10-11-12-13-14-15-16-17-18-19-20(21)22/h5-6,8-13,15-16H,2-4,7,14,17-19H2,1H3,(H,21,22)/b6-5-,9-8+,11-10+,13-12-,16-15-. The third kappa shape index (κ3) is 18.2. The summed E-state index contributed by atoms with van der Waals surface area (Å²) in [4.78, 5) is 10.3. The normalized spacial score (nSPS) is 12.8. The molecule has 0 spiro atoms. The van der Waals surface area contributed by atoms with Gasteiger partial charge in [0.25, 0.3) is 0 Å². The summed E-state index contributed by atoms with van der Waals surface area (Å²) < 4.78 is 0. The van der Waals surface area contributed by atoms with Gasteiger partial charge in [0.05, 0.1) is 0 Å². The van der Waals surface area contributed by atoms with E-state index in [-0.39, 0.29) is 6.42 Å². The van der Waals surface area contributed by atoms with E-state index in [0.717, 1.165) is 19.3 Å². The molecule has 22 heavy (non-hydrogen) atoms. The maximum atomic E-state index is 10.3. The Kier molecular flexibility index (Phi) is 15.8. The Labute approximate surface area is 135 Å². The Balaban J connectivity index is 3.53. The third-order valence-corrected chi connectivity index (χ3v) is 2.97. The minimum atomic E-state index is -0.720. The summed E-state index contributed by atoms with van der Waals surface area (Å²) in [6.45, 7) is 2.21. The number of aliphatic carboxylic acids is 1. The van der Waals surface area contributed by atoms with Gasteiger partial charge in [0, 0.05) is 6.42 Å². The van der Waals surface area contributed by atoms with Gasteiger partial charge >= 0.3 is 5.97 Å². The highest BCUT2D eigenvalue weighted by Crippen LogP contribution is 1.98. The maximum absolute atomic E-state index is 10.3. The van der Waals surface area contributed by atoms with Gasteiger partial charge < -0.3 is 5.11 Å². The molecule has 2 heteroatoms. The predicted molar refractivity (Wildman–Crippen MR) is 95.9 cm³/mol. The molecule has 0 rings (SSSR count). The van der Waals surface area contributed by atoms with E-state index in [4.69, 9.17) is 5.11 Å². The van der Waals surface area contributed by atoms with Gasteiger partial charge in [-0.15, -0.1) is 0 Å². The van der Waals surface area contributed by atoms with Gasteiger partial charge in [-0.1, -0.05) is 80.5 Å². The lowest BCUT2D eigenvalue weighted by atomic mass is 10.2. The molecule has 1 N–H and O–H groups in total. The van der Waals surface area contributed by atoms with Crippen LogP contribution < -0.4 is 0 Å². The van der Waals surface area contributed by atoms with Crippen LogP contribution in [0, 0.1) is 0 Å². The van der Waals surface area contributed by atoms with Crippen molar-refractivity contribution in [3.05, 3.63) is 60.8 Å². The second-order valence-corrected chi connectivity index (χ2v) is 5.08. The van der Waals surface area contributed by atoms with Crippen LogP contribution in [0.5, 0.6) is 0 Å². The fourth-order valence-electron chi connectivity index (χ4n) is 1.72. The summed E-state index contributed by atoms with van der Waals surface area (Å²) in [5, 5.41) is 8.49. The molecule has 0 aromatic heterocycles. The molecule has 0 atom stereocenters. The fourth-order valence-corrected chi connectivity index (χ4v) is 1.72. The molecule has 0 fully saturated rings. The van der Waals surface area contributed by atoms with Crippen LogP contribution in [0.25, 0.3) is 0 Å². The van der Waals surface area contributed by atoms with E-state index in [9.17, 15) is 4.79 Å². The molecule has 0 aromatic carbocycles. The van der Waals surface area contributed by atoms with Crippen molar-refractivity contribution in [2.75, 3.05) is 0 Å². The van der Waals surface area contributed by atoms with Crippen molar-refractivity contribution in [2.24, 2.45) is 0 Å². The van der Waals surface area contributed by atoms with Gasteiger partial charge in [-0.2, -0.15) is 0 Å². The number of hydrogen-bond acceptors (Lipinski definition) is 1. The van der Waals surface area contributed by atoms with Crippen molar-refractivity contribution in [3.8, 4) is 0 Å². The van der Waals surface area contributed by atoms with Crippen molar-refractivity contribution < 1.29 is 9.90 Å². The van der Waals surface area contributed by atoms with Crippen LogP contribution in [-0.2, 0) is 4.79 Å². The predicted octanol–water partition coefficient (Wildman–Crippen LogP) is 5.99. The molecule has 0 aliphatic rings. The highest BCUT2D eigenvalue weighted by atomic mass is 16.4. The Bertz CT molecular complexity index is 398. The largest absolute Gasteiger partial charge is 0.481 e. The molecule has 0 saturated heterocycles. The first-order chi connectivity index (χ1) is 10.8. The number of carboxylic acids is 1. The van der Waals surface area contributed by atoms with Crippen LogP contribution >= 0.6 is 0 Å². The number of hydrogen-bond donors (Lipinski definition) is 1. The molecule has 0 bridgehead atoms. The van der Waals surface area contributed by atoms with Crippen LogP contribution in [0.3, 0.4) is 0 Å². The van der Waals surface area contributed by atoms with Crippen LogP contribution in [0.1, 0.15) is 58.3 Å². The van der Waals surface area contributed by atoms with Crippen molar-refractivity contribution in [3.63, 3.8) is 0 Å². The zero-order valence-electron chi connectivity index (χ0n) is 13.8. The molecule has 0 heterocycles. The highest BCUT2D eigenvalue weighted by Gasteiger charge is 1.92. The van der Waals surface area contributed by atoms with Gasteiger partial charge in [0.1, 0.15) is 0 Å². The smallest absolute Gasteiger partial charge is 0.303 e. The lowest BCUT2D eigenvalue weighted by molar-refractivity contribution is -0.137. The monoisotopic (exact) mass is 302 g/mol. The zero-order chi connectivity index (χ0) is 16.3. The van der Waals surface area contributed by atoms with Gasteiger partial charge in [0.15, 0.2) is 0 Å². The number of carboxylic acid groups (broad SMARTS) is 1. The zero-order valence-corrected chi connectivity index (χ0v) is 13.8. The second kappa shape index (κ2) is 17.2. The lowest BCUT2D eigenvalue weighted by Gasteiger charge is -1.89. The summed E-state index contributed by atoms with van der Waals surface area (Å²) in [6.07, 6.45) is 28.4. The Morgan fingerprint density at radius 3 is 1.82 bits per heavy atom. The van der Waals surface area contributed by atoms with E-state index in [1.807, 2.05) is 24.3 Å². The summed E-state index contributed by atoms with van der Waals surface area (Å²) in [6, 6.07) is 0. The van der Waals surface area contributed by atoms with E-state index in [2.05, 4.69) is 43.4 Å². The molecule has 0 aliphatic heterocycles. The molecule has 0 saturated carbocycles. The number of rotatable bonds is 13. The molecule has 0 amide bonds. The molecule has 0 aromatic rings. The Morgan fingerprint density at radius 1 is 0.773 bits per heavy atom. The SMILES string of the molecule is CCCC/C=C\C/C=C/C=C/C=C\C/C=C\CCCC(=O)O. The van der Waals surface area contributed by atoms with Gasteiger partial charge in [-0.3, -0.25) is 4.79 Å². The van der Waals surface area contributed by atoms with Crippen LogP contribution in [-0.4, -0.2) is 11.1 Å². The second-order valence-electron chi connectivity index (χ2n) is 5.08. The number of carbonyl (C=O) groups is 1. The molecule has 122 valence electrons. The van der Waals surface area contributed by atoms with Crippen molar-refractivity contribution >= 4 is 5.97 Å². The lowest BCUT2D eigenvalue weighted by Crippen LogP contribution is -1.92. The quantitative estimate of drug-likeness (QED) is 0.258. The third-order valence-electron chi connectivity index (χ3n) is 2.97. The molecular formula is C20H30O2. The number of allylic oxidation sites excluding steroid dienone is 10. The summed E-state index contributed by atoms with van der Waals surface area (Å²) in [5.74, 6) is -0.720. The average Bonchev–Trinajstić information content (AvgIpc) is 2.50. The molecule has 0 aliphatic carbocycles. The molecule has 2 nitrogen and oxygen atoms in total. The first-order valence-corrected chi connectivity index (χ1v) is 8.27.